The number of rotatable bonds is 4. The summed E-state index contributed by atoms with van der Waals surface area (Å²) in [5.41, 5.74) is 2.37. The van der Waals surface area contributed by atoms with Crippen LogP contribution in [0.2, 0.25) is 0 Å². The molecule has 1 fully saturated rings. The molecule has 1 heterocycles. The molecule has 1 aromatic heterocycles. The Morgan fingerprint density at radius 2 is 2.05 bits per heavy atom. The lowest BCUT2D eigenvalue weighted by atomic mass is 9.86. The van der Waals surface area contributed by atoms with Gasteiger partial charge in [-0.25, -0.2) is 0 Å². The number of H-pyrrole nitrogens is 1. The zero-order valence-corrected chi connectivity index (χ0v) is 11.4. The Kier molecular flexibility index (Phi) is 3.30. The average molecular weight is 271 g/mol. The van der Waals surface area contributed by atoms with Gasteiger partial charge in [-0.2, -0.15) is 0 Å². The summed E-state index contributed by atoms with van der Waals surface area (Å²) >= 11 is 0. The summed E-state index contributed by atoms with van der Waals surface area (Å²) < 4.78 is 5.13. The number of aryl methyl sites for hydroxylation is 1. The number of ketones is 1. The summed E-state index contributed by atoms with van der Waals surface area (Å²) in [7, 11) is 0. The number of esters is 1. The van der Waals surface area contributed by atoms with Crippen LogP contribution in [0.3, 0.4) is 0 Å². The average Bonchev–Trinajstić information content (AvgIpc) is 2.69. The molecule has 1 aromatic carbocycles. The van der Waals surface area contributed by atoms with Crippen molar-refractivity contribution >= 4 is 22.7 Å². The third kappa shape index (κ3) is 2.22. The van der Waals surface area contributed by atoms with Crippen molar-refractivity contribution in [3.63, 3.8) is 0 Å². The molecule has 0 unspecified atom stereocenters. The van der Waals surface area contributed by atoms with Crippen molar-refractivity contribution in [3.05, 3.63) is 35.5 Å². The quantitative estimate of drug-likeness (QED) is 0.687. The zero-order valence-electron chi connectivity index (χ0n) is 11.4. The second-order valence-corrected chi connectivity index (χ2v) is 5.33. The number of benzene rings is 1. The van der Waals surface area contributed by atoms with Crippen LogP contribution in [0, 0.1) is 12.8 Å². The van der Waals surface area contributed by atoms with Gasteiger partial charge in [-0.05, 0) is 25.8 Å². The van der Waals surface area contributed by atoms with Gasteiger partial charge in [0.25, 0.3) is 0 Å². The third-order valence-corrected chi connectivity index (χ3v) is 3.96. The van der Waals surface area contributed by atoms with E-state index in [1.165, 1.54) is 0 Å². The number of hydrogen-bond donors (Lipinski definition) is 1. The molecular weight excluding hydrogens is 254 g/mol. The molecule has 104 valence electrons. The molecule has 0 saturated heterocycles. The van der Waals surface area contributed by atoms with Gasteiger partial charge in [0, 0.05) is 22.2 Å². The number of para-hydroxylation sites is 1. The largest absolute Gasteiger partial charge is 0.457 e. The first-order valence-electron chi connectivity index (χ1n) is 6.94. The minimum atomic E-state index is -0.234. The molecule has 1 aliphatic carbocycles. The molecule has 0 amide bonds. The molecule has 0 atom stereocenters. The summed E-state index contributed by atoms with van der Waals surface area (Å²) in [6.07, 6.45) is 2.85. The van der Waals surface area contributed by atoms with Crippen LogP contribution in [0.4, 0.5) is 0 Å². The van der Waals surface area contributed by atoms with Crippen LogP contribution in [0.25, 0.3) is 10.9 Å². The molecule has 0 aliphatic heterocycles. The zero-order chi connectivity index (χ0) is 14.1. The van der Waals surface area contributed by atoms with E-state index in [0.29, 0.717) is 5.56 Å². The van der Waals surface area contributed by atoms with Gasteiger partial charge in [-0.15, -0.1) is 0 Å². The van der Waals surface area contributed by atoms with Gasteiger partial charge in [0.2, 0.25) is 5.78 Å². The highest BCUT2D eigenvalue weighted by Crippen LogP contribution is 2.27. The first-order chi connectivity index (χ1) is 9.66. The highest BCUT2D eigenvalue weighted by atomic mass is 16.5. The van der Waals surface area contributed by atoms with Crippen molar-refractivity contribution in [2.45, 2.75) is 26.2 Å². The van der Waals surface area contributed by atoms with E-state index < -0.39 is 0 Å². The standard InChI is InChI=1S/C16H17NO3/c1-10-15(12-7-2-3-8-13(12)17-10)14(18)9-20-16(19)11-5-4-6-11/h2-3,7-8,11,17H,4-6,9H2,1H3. The van der Waals surface area contributed by atoms with Crippen LogP contribution in [0.5, 0.6) is 0 Å². The number of nitrogens with one attached hydrogen (secondary N) is 1. The smallest absolute Gasteiger partial charge is 0.309 e. The summed E-state index contributed by atoms with van der Waals surface area (Å²) in [4.78, 5) is 27.1. The number of hydrogen-bond acceptors (Lipinski definition) is 3. The SMILES string of the molecule is Cc1[nH]c2ccccc2c1C(=O)COC(=O)C1CCC1. The van der Waals surface area contributed by atoms with E-state index in [-0.39, 0.29) is 24.3 Å². The van der Waals surface area contributed by atoms with Gasteiger partial charge in [-0.3, -0.25) is 9.59 Å². The number of Topliss-reactive ketones (excluding diaryl/α,β-unsaturated/α-hetero) is 1. The van der Waals surface area contributed by atoms with Crippen molar-refractivity contribution in [1.29, 1.82) is 0 Å². The van der Waals surface area contributed by atoms with E-state index >= 15 is 0 Å². The molecule has 0 radical (unpaired) electrons. The predicted molar refractivity (Wildman–Crippen MR) is 75.7 cm³/mol. The molecular formula is C16H17NO3. The molecule has 3 rings (SSSR count). The molecule has 4 nitrogen and oxygen atoms in total. The Morgan fingerprint density at radius 1 is 1.30 bits per heavy atom. The number of fused-ring (bicyclic) bond motifs is 1. The molecule has 1 aliphatic rings. The Morgan fingerprint density at radius 3 is 2.75 bits per heavy atom. The second-order valence-electron chi connectivity index (χ2n) is 5.33. The van der Waals surface area contributed by atoms with Crippen LogP contribution in [-0.2, 0) is 9.53 Å². The first-order valence-corrected chi connectivity index (χ1v) is 6.94. The van der Waals surface area contributed by atoms with Crippen molar-refractivity contribution in [1.82, 2.24) is 4.98 Å². The number of carbonyl (C=O) groups is 2. The van der Waals surface area contributed by atoms with Crippen molar-refractivity contribution in [2.24, 2.45) is 5.92 Å². The summed E-state index contributed by atoms with van der Waals surface area (Å²) in [5, 5.41) is 0.884. The number of carbonyl (C=O) groups excluding carboxylic acids is 2. The first kappa shape index (κ1) is 12.9. The van der Waals surface area contributed by atoms with Gasteiger partial charge in [-0.1, -0.05) is 24.6 Å². The molecule has 4 heteroatoms. The lowest BCUT2D eigenvalue weighted by Gasteiger charge is -2.22. The topological polar surface area (TPSA) is 59.2 Å². The Balaban J connectivity index is 1.75. The Bertz CT molecular complexity index is 667. The van der Waals surface area contributed by atoms with Crippen LogP contribution in [0.15, 0.2) is 24.3 Å². The monoisotopic (exact) mass is 271 g/mol. The van der Waals surface area contributed by atoms with Crippen molar-refractivity contribution < 1.29 is 14.3 Å². The van der Waals surface area contributed by atoms with E-state index in [9.17, 15) is 9.59 Å². The molecule has 1 N–H and O–H groups in total. The second kappa shape index (κ2) is 5.12. The highest BCUT2D eigenvalue weighted by molar-refractivity contribution is 6.10. The van der Waals surface area contributed by atoms with Gasteiger partial charge < -0.3 is 9.72 Å². The number of ether oxygens (including phenoxy) is 1. The fourth-order valence-corrected chi connectivity index (χ4v) is 2.61. The van der Waals surface area contributed by atoms with E-state index in [1.54, 1.807) is 0 Å². The molecule has 0 bridgehead atoms. The van der Waals surface area contributed by atoms with Gasteiger partial charge in [0.05, 0.1) is 5.92 Å². The van der Waals surface area contributed by atoms with Crippen LogP contribution in [0.1, 0.15) is 35.3 Å². The number of aromatic amines is 1. The predicted octanol–water partition coefficient (Wildman–Crippen LogP) is 3.00. The van der Waals surface area contributed by atoms with Crippen LogP contribution >= 0.6 is 0 Å². The molecule has 1 saturated carbocycles. The lowest BCUT2D eigenvalue weighted by molar-refractivity contribution is -0.150. The van der Waals surface area contributed by atoms with E-state index in [1.807, 2.05) is 31.2 Å². The van der Waals surface area contributed by atoms with Gasteiger partial charge in [0.1, 0.15) is 0 Å². The maximum absolute atomic E-state index is 12.3. The summed E-state index contributed by atoms with van der Waals surface area (Å²) in [5.74, 6) is -0.374. The van der Waals surface area contributed by atoms with Gasteiger partial charge >= 0.3 is 5.97 Å². The normalized spacial score (nSPS) is 15.1. The minimum absolute atomic E-state index is 0.00636. The Hall–Kier alpha value is -2.10. The summed E-state index contributed by atoms with van der Waals surface area (Å²) in [6.45, 7) is 1.69. The van der Waals surface area contributed by atoms with E-state index in [0.717, 1.165) is 35.9 Å². The van der Waals surface area contributed by atoms with E-state index in [4.69, 9.17) is 4.74 Å². The third-order valence-electron chi connectivity index (χ3n) is 3.96. The molecule has 20 heavy (non-hydrogen) atoms. The molecule has 0 spiro atoms. The lowest BCUT2D eigenvalue weighted by Crippen LogP contribution is -2.26. The maximum Gasteiger partial charge on any atom is 0.309 e. The van der Waals surface area contributed by atoms with Crippen LogP contribution in [-0.4, -0.2) is 23.3 Å². The molecule has 2 aromatic rings. The fraction of sp³-hybridized carbons (Fsp3) is 0.375. The Labute approximate surface area is 117 Å². The summed E-state index contributed by atoms with van der Waals surface area (Å²) in [6, 6.07) is 7.65. The van der Waals surface area contributed by atoms with Crippen molar-refractivity contribution in [3.8, 4) is 0 Å². The van der Waals surface area contributed by atoms with Gasteiger partial charge in [0.15, 0.2) is 6.61 Å². The minimum Gasteiger partial charge on any atom is -0.457 e. The van der Waals surface area contributed by atoms with E-state index in [2.05, 4.69) is 4.98 Å². The van der Waals surface area contributed by atoms with Crippen LogP contribution < -0.4 is 0 Å². The highest BCUT2D eigenvalue weighted by Gasteiger charge is 2.27. The van der Waals surface area contributed by atoms with Crippen molar-refractivity contribution in [2.75, 3.05) is 6.61 Å². The number of aromatic nitrogens is 1. The maximum atomic E-state index is 12.3. The fourth-order valence-electron chi connectivity index (χ4n) is 2.61.